The Hall–Kier alpha value is -2.28. The van der Waals surface area contributed by atoms with Crippen molar-refractivity contribution in [3.8, 4) is 0 Å². The lowest BCUT2D eigenvalue weighted by molar-refractivity contribution is -0.119. The zero-order valence-corrected chi connectivity index (χ0v) is 22.1. The van der Waals surface area contributed by atoms with E-state index >= 15 is 0 Å². The van der Waals surface area contributed by atoms with E-state index in [0.717, 1.165) is 29.8 Å². The van der Waals surface area contributed by atoms with Crippen LogP contribution in [0.25, 0.3) is 0 Å². The molecule has 0 aliphatic heterocycles. The molecule has 0 fully saturated rings. The Kier molecular flexibility index (Phi) is 10.7. The van der Waals surface area contributed by atoms with Gasteiger partial charge in [0.1, 0.15) is 0 Å². The van der Waals surface area contributed by atoms with E-state index in [0.29, 0.717) is 24.2 Å². The van der Waals surface area contributed by atoms with Crippen molar-refractivity contribution in [2.24, 2.45) is 0 Å². The van der Waals surface area contributed by atoms with E-state index in [-0.39, 0.29) is 37.3 Å². The van der Waals surface area contributed by atoms with Crippen LogP contribution < -0.4 is 20.4 Å². The van der Waals surface area contributed by atoms with Gasteiger partial charge in [-0.25, -0.2) is 0 Å². The van der Waals surface area contributed by atoms with E-state index in [4.69, 9.17) is 11.6 Å². The number of likely N-dealkylation sites (N-methyl/N-ethyl adjacent to an activating group) is 1. The van der Waals surface area contributed by atoms with Crippen LogP contribution in [0.4, 0.5) is 11.4 Å². The highest BCUT2D eigenvalue weighted by atomic mass is 35.5. The van der Waals surface area contributed by atoms with Crippen molar-refractivity contribution in [3.63, 3.8) is 0 Å². The minimum Gasteiger partial charge on any atom is -0.353 e. The van der Waals surface area contributed by atoms with E-state index in [9.17, 15) is 9.59 Å². The Morgan fingerprint density at radius 1 is 1.03 bits per heavy atom. The smallest absolute Gasteiger partial charge is 0.246 e. The van der Waals surface area contributed by atoms with Gasteiger partial charge in [0.25, 0.3) is 0 Å². The topological polar surface area (TPSA) is 64.7 Å². The van der Waals surface area contributed by atoms with Gasteiger partial charge in [0, 0.05) is 42.6 Å². The maximum absolute atomic E-state index is 13.2. The lowest BCUT2D eigenvalue weighted by atomic mass is 10.1. The molecule has 2 aromatic carbocycles. The molecule has 8 heteroatoms. The number of halogens is 2. The van der Waals surface area contributed by atoms with Gasteiger partial charge in [-0.1, -0.05) is 31.5 Å². The molecule has 1 aliphatic rings. The first-order valence-electron chi connectivity index (χ1n) is 11.6. The second kappa shape index (κ2) is 13.0. The van der Waals surface area contributed by atoms with Gasteiger partial charge in [-0.15, -0.1) is 12.4 Å². The third kappa shape index (κ3) is 7.62. The number of fused-ring (bicyclic) bond motifs is 1. The van der Waals surface area contributed by atoms with E-state index in [2.05, 4.69) is 36.6 Å². The molecule has 0 heterocycles. The van der Waals surface area contributed by atoms with Crippen LogP contribution in [0.3, 0.4) is 0 Å². The number of nitrogens with one attached hydrogen (secondary N) is 2. The highest BCUT2D eigenvalue weighted by molar-refractivity contribution is 6.30. The largest absolute Gasteiger partial charge is 0.353 e. The molecule has 186 valence electrons. The number of hydrogen-bond acceptors (Lipinski definition) is 4. The Morgan fingerprint density at radius 2 is 1.76 bits per heavy atom. The van der Waals surface area contributed by atoms with Crippen LogP contribution in [0.15, 0.2) is 36.4 Å². The number of carbonyl (C=O) groups excluding carboxylic acids is 2. The van der Waals surface area contributed by atoms with Gasteiger partial charge in [-0.2, -0.15) is 0 Å². The highest BCUT2D eigenvalue weighted by Crippen LogP contribution is 2.27. The number of amides is 2. The van der Waals surface area contributed by atoms with Crippen LogP contribution in [0.5, 0.6) is 0 Å². The van der Waals surface area contributed by atoms with E-state index in [1.54, 1.807) is 18.0 Å². The molecule has 0 radical (unpaired) electrons. The Morgan fingerprint density at radius 3 is 2.47 bits per heavy atom. The van der Waals surface area contributed by atoms with Crippen molar-refractivity contribution in [2.75, 3.05) is 43.0 Å². The zero-order chi connectivity index (χ0) is 24.0. The summed E-state index contributed by atoms with van der Waals surface area (Å²) in [6, 6.07) is 12.1. The molecule has 3 rings (SSSR count). The Bertz CT molecular complexity index is 997. The fourth-order valence-electron chi connectivity index (χ4n) is 4.17. The molecule has 2 N–H and O–H groups in total. The molecule has 0 bridgehead atoms. The molecule has 0 spiro atoms. The molecule has 0 unspecified atom stereocenters. The lowest BCUT2D eigenvalue weighted by Crippen LogP contribution is -2.45. The summed E-state index contributed by atoms with van der Waals surface area (Å²) in [5, 5.41) is 6.84. The second-order valence-electron chi connectivity index (χ2n) is 9.00. The zero-order valence-electron chi connectivity index (χ0n) is 20.5. The van der Waals surface area contributed by atoms with Gasteiger partial charge in [-0.05, 0) is 73.2 Å². The number of nitrogens with zero attached hydrogens (tertiary/aromatic N) is 2. The average Bonchev–Trinajstić information content (AvgIpc) is 3.23. The predicted octanol–water partition coefficient (Wildman–Crippen LogP) is 4.14. The van der Waals surface area contributed by atoms with Crippen molar-refractivity contribution < 1.29 is 9.59 Å². The molecule has 0 saturated carbocycles. The van der Waals surface area contributed by atoms with Gasteiger partial charge >= 0.3 is 0 Å². The number of anilines is 2. The van der Waals surface area contributed by atoms with E-state index < -0.39 is 0 Å². The average molecular weight is 508 g/mol. The molecule has 2 amide bonds. The lowest BCUT2D eigenvalue weighted by Gasteiger charge is -2.28. The molecular formula is C26H36Cl2N4O2. The first kappa shape index (κ1) is 28.0. The fraction of sp³-hybridized carbons (Fsp3) is 0.462. The minimum atomic E-state index is -0.122. The van der Waals surface area contributed by atoms with Crippen LogP contribution in [0.1, 0.15) is 37.0 Å². The van der Waals surface area contributed by atoms with Crippen LogP contribution in [-0.4, -0.2) is 51.1 Å². The molecule has 1 aliphatic carbocycles. The Balaban J connectivity index is 0.00000408. The van der Waals surface area contributed by atoms with E-state index in [1.165, 1.54) is 17.5 Å². The molecule has 0 atom stereocenters. The van der Waals surface area contributed by atoms with Crippen molar-refractivity contribution in [1.29, 1.82) is 0 Å². The molecule has 0 saturated heterocycles. The summed E-state index contributed by atoms with van der Waals surface area (Å²) in [7, 11) is 1.80. The van der Waals surface area contributed by atoms with Gasteiger partial charge < -0.3 is 20.4 Å². The summed E-state index contributed by atoms with van der Waals surface area (Å²) >= 11 is 6.14. The van der Waals surface area contributed by atoms with Crippen molar-refractivity contribution in [2.45, 2.75) is 46.1 Å². The highest BCUT2D eigenvalue weighted by Gasteiger charge is 2.21. The first-order chi connectivity index (χ1) is 15.7. The second-order valence-corrected chi connectivity index (χ2v) is 9.44. The maximum Gasteiger partial charge on any atom is 0.246 e. The molecule has 6 nitrogen and oxygen atoms in total. The predicted molar refractivity (Wildman–Crippen MR) is 144 cm³/mol. The number of aryl methyl sites for hydroxylation is 3. The number of benzene rings is 2. The van der Waals surface area contributed by atoms with Gasteiger partial charge in [0.15, 0.2) is 0 Å². The number of carbonyl (C=O) groups is 2. The molecule has 0 aromatic heterocycles. The first-order valence-corrected chi connectivity index (χ1v) is 12.0. The van der Waals surface area contributed by atoms with Crippen LogP contribution in [0, 0.1) is 6.92 Å². The van der Waals surface area contributed by atoms with Crippen molar-refractivity contribution in [3.05, 3.63) is 58.1 Å². The van der Waals surface area contributed by atoms with Gasteiger partial charge in [-0.3, -0.25) is 9.59 Å². The summed E-state index contributed by atoms with van der Waals surface area (Å²) in [5.41, 5.74) is 5.33. The third-order valence-electron chi connectivity index (χ3n) is 6.00. The van der Waals surface area contributed by atoms with Crippen LogP contribution in [-0.2, 0) is 22.4 Å². The monoisotopic (exact) mass is 506 g/mol. The molecular weight excluding hydrogens is 471 g/mol. The van der Waals surface area contributed by atoms with Gasteiger partial charge in [0.05, 0.1) is 13.1 Å². The summed E-state index contributed by atoms with van der Waals surface area (Å²) in [6.45, 7) is 7.48. The standard InChI is InChI=1S/C26H35ClN4O2.ClH/c1-18(2)28-12-13-29-25(32)16-31(24-11-9-22(27)14-19(24)3)17-26(33)30(4)23-10-8-20-6-5-7-21(20)15-23;/h8-11,14-15,18,28H,5-7,12-13,16-17H2,1-4H3,(H,29,32);1H. The molecule has 2 aromatic rings. The normalized spacial score (nSPS) is 12.2. The van der Waals surface area contributed by atoms with Crippen molar-refractivity contribution in [1.82, 2.24) is 10.6 Å². The third-order valence-corrected chi connectivity index (χ3v) is 6.24. The minimum absolute atomic E-state index is 0. The number of hydrogen-bond donors (Lipinski definition) is 2. The maximum atomic E-state index is 13.2. The fourth-order valence-corrected chi connectivity index (χ4v) is 4.40. The van der Waals surface area contributed by atoms with Crippen LogP contribution >= 0.6 is 24.0 Å². The van der Waals surface area contributed by atoms with Crippen LogP contribution in [0.2, 0.25) is 5.02 Å². The quantitative estimate of drug-likeness (QED) is 0.475. The van der Waals surface area contributed by atoms with E-state index in [1.807, 2.05) is 30.0 Å². The summed E-state index contributed by atoms with van der Waals surface area (Å²) in [4.78, 5) is 29.4. The van der Waals surface area contributed by atoms with Crippen molar-refractivity contribution >= 4 is 47.2 Å². The SMILES string of the molecule is Cc1cc(Cl)ccc1N(CC(=O)NCCNC(C)C)CC(=O)N(C)c1ccc2c(c1)CCC2.Cl. The molecule has 34 heavy (non-hydrogen) atoms. The van der Waals surface area contributed by atoms with Gasteiger partial charge in [0.2, 0.25) is 11.8 Å². The summed E-state index contributed by atoms with van der Waals surface area (Å²) in [6.07, 6.45) is 3.34. The Labute approximate surface area is 214 Å². The summed E-state index contributed by atoms with van der Waals surface area (Å²) in [5.74, 6) is -0.195. The number of rotatable bonds is 10. The summed E-state index contributed by atoms with van der Waals surface area (Å²) < 4.78 is 0.